The molecule has 1 amide bonds. The highest BCUT2D eigenvalue weighted by Crippen LogP contribution is 2.09. The van der Waals surface area contributed by atoms with Crippen LogP contribution in [0.5, 0.6) is 0 Å². The minimum atomic E-state index is -3.45. The van der Waals surface area contributed by atoms with Crippen LogP contribution >= 0.6 is 0 Å². The van der Waals surface area contributed by atoms with Crippen LogP contribution in [0.4, 0.5) is 0 Å². The van der Waals surface area contributed by atoms with Crippen LogP contribution in [-0.4, -0.2) is 42.3 Å². The van der Waals surface area contributed by atoms with Crippen molar-refractivity contribution < 1.29 is 17.6 Å². The molecule has 2 aromatic heterocycles. The third-order valence-corrected chi connectivity index (χ3v) is 3.82. The molecule has 0 unspecified atom stereocenters. The number of hydrogen-bond donors (Lipinski definition) is 1. The van der Waals surface area contributed by atoms with E-state index < -0.39 is 9.84 Å². The van der Waals surface area contributed by atoms with Crippen LogP contribution < -0.4 is 5.32 Å². The Bertz CT molecular complexity index is 743. The van der Waals surface area contributed by atoms with Gasteiger partial charge in [-0.3, -0.25) is 9.78 Å². The van der Waals surface area contributed by atoms with E-state index in [-0.39, 0.29) is 11.1 Å². The fraction of sp³-hybridized carbons (Fsp3) is 0.429. The number of nitrogens with one attached hydrogen (secondary N) is 1. The molecule has 0 spiro atoms. The minimum Gasteiger partial charge on any atom is -0.413 e. The molecule has 2 aromatic rings. The first-order valence-electron chi connectivity index (χ1n) is 7.18. The summed E-state index contributed by atoms with van der Waals surface area (Å²) in [6.07, 6.45) is 5.52. The monoisotopic (exact) mass is 338 g/mol. The molecule has 8 nitrogen and oxygen atoms in total. The van der Waals surface area contributed by atoms with E-state index in [0.29, 0.717) is 24.6 Å². The van der Waals surface area contributed by atoms with Gasteiger partial charge in [-0.2, -0.15) is 0 Å². The van der Waals surface area contributed by atoms with Crippen LogP contribution in [0.1, 0.15) is 35.6 Å². The second kappa shape index (κ2) is 7.82. The molecule has 0 aliphatic carbocycles. The average molecular weight is 338 g/mol. The third-order valence-electron chi connectivity index (χ3n) is 3.02. The topological polar surface area (TPSA) is 115 Å². The fourth-order valence-electron chi connectivity index (χ4n) is 1.86. The van der Waals surface area contributed by atoms with Crippen molar-refractivity contribution >= 4 is 15.7 Å². The van der Waals surface area contributed by atoms with Crippen LogP contribution in [0.3, 0.4) is 0 Å². The number of nitrogens with zero attached hydrogens (tertiary/aromatic N) is 3. The molecule has 9 heteroatoms. The smallest absolute Gasteiger partial charge is 0.335 e. The van der Waals surface area contributed by atoms with Gasteiger partial charge in [0.1, 0.15) is 5.69 Å². The summed E-state index contributed by atoms with van der Waals surface area (Å²) in [5.41, 5.74) is 0.395. The second-order valence-electron chi connectivity index (χ2n) is 5.02. The zero-order valence-electron chi connectivity index (χ0n) is 12.7. The number of carbonyl (C=O) groups excluding carboxylic acids is 1. The SMILES string of the molecule is CS(=O)(=O)c1nnc(CCCCCNC(=O)c2ccccn2)o1. The van der Waals surface area contributed by atoms with Crippen LogP contribution in [0.15, 0.2) is 34.0 Å². The number of rotatable bonds is 8. The fourth-order valence-corrected chi connectivity index (χ4v) is 2.29. The highest BCUT2D eigenvalue weighted by atomic mass is 32.2. The van der Waals surface area contributed by atoms with Crippen LogP contribution in [0, 0.1) is 0 Å². The lowest BCUT2D eigenvalue weighted by atomic mass is 10.2. The van der Waals surface area contributed by atoms with Crippen molar-refractivity contribution in [3.05, 3.63) is 36.0 Å². The number of aryl methyl sites for hydroxylation is 1. The lowest BCUT2D eigenvalue weighted by Crippen LogP contribution is -2.25. The Balaban J connectivity index is 1.63. The van der Waals surface area contributed by atoms with Gasteiger partial charge in [0.2, 0.25) is 15.7 Å². The molecule has 0 aromatic carbocycles. The number of amides is 1. The van der Waals surface area contributed by atoms with E-state index in [1.165, 1.54) is 0 Å². The largest absolute Gasteiger partial charge is 0.413 e. The highest BCUT2D eigenvalue weighted by Gasteiger charge is 2.16. The number of unbranched alkanes of at least 4 members (excludes halogenated alkanes) is 2. The van der Waals surface area contributed by atoms with Gasteiger partial charge in [-0.05, 0) is 25.0 Å². The summed E-state index contributed by atoms with van der Waals surface area (Å²) in [5.74, 6) is 0.114. The summed E-state index contributed by atoms with van der Waals surface area (Å²) >= 11 is 0. The van der Waals surface area contributed by atoms with E-state index in [9.17, 15) is 13.2 Å². The zero-order chi connectivity index (χ0) is 16.7. The Labute approximate surface area is 134 Å². The minimum absolute atomic E-state index is 0.194. The van der Waals surface area contributed by atoms with Crippen LogP contribution in [0.25, 0.3) is 0 Å². The summed E-state index contributed by atoms with van der Waals surface area (Å²) in [7, 11) is -3.45. The lowest BCUT2D eigenvalue weighted by molar-refractivity contribution is 0.0948. The zero-order valence-corrected chi connectivity index (χ0v) is 13.5. The van der Waals surface area contributed by atoms with E-state index >= 15 is 0 Å². The van der Waals surface area contributed by atoms with Crippen molar-refractivity contribution in [1.29, 1.82) is 0 Å². The molecule has 0 aliphatic rings. The van der Waals surface area contributed by atoms with E-state index in [1.54, 1.807) is 24.4 Å². The standard InChI is InChI=1S/C14H18N4O4S/c1-23(20,21)14-18-17-12(22-14)8-3-2-5-10-16-13(19)11-7-4-6-9-15-11/h4,6-7,9H,2-3,5,8,10H2,1H3,(H,16,19). The molecule has 0 saturated heterocycles. The summed E-state index contributed by atoms with van der Waals surface area (Å²) < 4.78 is 27.5. The number of carbonyl (C=O) groups is 1. The van der Waals surface area contributed by atoms with Crippen molar-refractivity contribution in [1.82, 2.24) is 20.5 Å². The number of aromatic nitrogens is 3. The molecule has 0 aliphatic heterocycles. The summed E-state index contributed by atoms with van der Waals surface area (Å²) in [6, 6.07) is 5.17. The molecule has 0 saturated carbocycles. The molecule has 0 fully saturated rings. The van der Waals surface area contributed by atoms with Gasteiger partial charge in [0.25, 0.3) is 5.91 Å². The summed E-state index contributed by atoms with van der Waals surface area (Å²) in [4.78, 5) is 15.7. The Morgan fingerprint density at radius 2 is 2.04 bits per heavy atom. The molecular weight excluding hydrogens is 320 g/mol. The highest BCUT2D eigenvalue weighted by molar-refractivity contribution is 7.90. The van der Waals surface area contributed by atoms with E-state index in [1.807, 2.05) is 0 Å². The van der Waals surface area contributed by atoms with Crippen molar-refractivity contribution in [2.24, 2.45) is 0 Å². The Kier molecular flexibility index (Phi) is 5.80. The van der Waals surface area contributed by atoms with Gasteiger partial charge in [0.05, 0.1) is 0 Å². The maximum absolute atomic E-state index is 11.7. The van der Waals surface area contributed by atoms with E-state index in [2.05, 4.69) is 20.5 Å². The van der Waals surface area contributed by atoms with Crippen LogP contribution in [0.2, 0.25) is 0 Å². The molecule has 23 heavy (non-hydrogen) atoms. The number of pyridine rings is 1. The molecule has 1 N–H and O–H groups in total. The normalized spacial score (nSPS) is 11.3. The number of hydrogen-bond acceptors (Lipinski definition) is 7. The van der Waals surface area contributed by atoms with Crippen LogP contribution in [-0.2, 0) is 16.3 Å². The molecular formula is C14H18N4O4S. The molecule has 2 heterocycles. The maximum atomic E-state index is 11.7. The van der Waals surface area contributed by atoms with Gasteiger partial charge in [0.15, 0.2) is 0 Å². The predicted octanol–water partition coefficient (Wildman–Crippen LogP) is 1.01. The van der Waals surface area contributed by atoms with Gasteiger partial charge in [0, 0.05) is 25.4 Å². The quantitative estimate of drug-likeness (QED) is 0.714. The molecule has 0 radical (unpaired) electrons. The predicted molar refractivity (Wildman–Crippen MR) is 81.5 cm³/mol. The first-order valence-corrected chi connectivity index (χ1v) is 9.07. The van der Waals surface area contributed by atoms with Crippen molar-refractivity contribution in [2.75, 3.05) is 12.8 Å². The number of sulfone groups is 1. The first kappa shape index (κ1) is 17.1. The molecule has 2 rings (SSSR count). The van der Waals surface area contributed by atoms with Crippen molar-refractivity contribution in [3.8, 4) is 0 Å². The lowest BCUT2D eigenvalue weighted by Gasteiger charge is -2.03. The van der Waals surface area contributed by atoms with Crippen molar-refractivity contribution in [2.45, 2.75) is 30.9 Å². The Morgan fingerprint density at radius 3 is 2.70 bits per heavy atom. The second-order valence-corrected chi connectivity index (χ2v) is 6.91. The van der Waals surface area contributed by atoms with Gasteiger partial charge >= 0.3 is 5.22 Å². The van der Waals surface area contributed by atoms with E-state index in [4.69, 9.17) is 4.42 Å². The molecule has 0 atom stereocenters. The van der Waals surface area contributed by atoms with Gasteiger partial charge in [-0.25, -0.2) is 8.42 Å². The van der Waals surface area contributed by atoms with Crippen molar-refractivity contribution in [3.63, 3.8) is 0 Å². The van der Waals surface area contributed by atoms with Gasteiger partial charge in [-0.15, -0.1) is 5.10 Å². The third kappa shape index (κ3) is 5.44. The maximum Gasteiger partial charge on any atom is 0.335 e. The summed E-state index contributed by atoms with van der Waals surface area (Å²) in [5, 5.41) is 9.62. The molecule has 124 valence electrons. The van der Waals surface area contributed by atoms with E-state index in [0.717, 1.165) is 25.5 Å². The van der Waals surface area contributed by atoms with Gasteiger partial charge in [-0.1, -0.05) is 17.6 Å². The molecule has 0 bridgehead atoms. The Morgan fingerprint density at radius 1 is 1.22 bits per heavy atom. The van der Waals surface area contributed by atoms with Gasteiger partial charge < -0.3 is 9.73 Å². The average Bonchev–Trinajstić information content (AvgIpc) is 3.00. The Hall–Kier alpha value is -2.29. The first-order chi connectivity index (χ1) is 11.0. The summed E-state index contributed by atoms with van der Waals surface area (Å²) in [6.45, 7) is 0.549.